The molecule has 1 aromatic rings. The van der Waals surface area contributed by atoms with Gasteiger partial charge < -0.3 is 5.11 Å². The van der Waals surface area contributed by atoms with Gasteiger partial charge in [0.1, 0.15) is 6.67 Å². The molecular weight excluding hydrogens is 249 g/mol. The van der Waals surface area contributed by atoms with Gasteiger partial charge in [-0.15, -0.1) is 0 Å². The molecule has 5 heteroatoms. The summed E-state index contributed by atoms with van der Waals surface area (Å²) in [7, 11) is 0. The Balaban J connectivity index is 2.60. The molecular formula is C14H20FNO3. The standard InChI is InChI=1S/C14H20FNO3/c1-11(2)8-14(10-15,13(17)18)16-19-9-12-6-4-3-5-7-12/h3-7,11,16H,8-10H2,1-2H3,(H,17,18). The van der Waals surface area contributed by atoms with Gasteiger partial charge in [-0.05, 0) is 17.9 Å². The number of hydrogen-bond donors (Lipinski definition) is 2. The monoisotopic (exact) mass is 269 g/mol. The van der Waals surface area contributed by atoms with E-state index in [1.807, 2.05) is 44.2 Å². The summed E-state index contributed by atoms with van der Waals surface area (Å²) in [6, 6.07) is 9.28. The fourth-order valence-corrected chi connectivity index (χ4v) is 1.84. The summed E-state index contributed by atoms with van der Waals surface area (Å²) in [5.74, 6) is -1.20. The molecule has 1 aromatic carbocycles. The third-order valence-corrected chi connectivity index (χ3v) is 2.74. The van der Waals surface area contributed by atoms with Crippen molar-refractivity contribution in [3.05, 3.63) is 35.9 Å². The Labute approximate surface area is 112 Å². The van der Waals surface area contributed by atoms with E-state index in [9.17, 15) is 14.3 Å². The average molecular weight is 269 g/mol. The van der Waals surface area contributed by atoms with Crippen molar-refractivity contribution in [3.63, 3.8) is 0 Å². The van der Waals surface area contributed by atoms with Crippen LogP contribution in [0.4, 0.5) is 4.39 Å². The predicted octanol–water partition coefficient (Wildman–Crippen LogP) is 2.55. The van der Waals surface area contributed by atoms with Gasteiger partial charge in [0.15, 0.2) is 5.54 Å². The molecule has 0 saturated carbocycles. The first-order valence-electron chi connectivity index (χ1n) is 6.22. The molecule has 0 heterocycles. The lowest BCUT2D eigenvalue weighted by molar-refractivity contribution is -0.157. The SMILES string of the molecule is CC(C)CC(CF)(NOCc1ccccc1)C(=O)O. The Morgan fingerprint density at radius 2 is 2.05 bits per heavy atom. The molecule has 1 atom stereocenters. The molecule has 1 unspecified atom stereocenters. The maximum absolute atomic E-state index is 13.1. The summed E-state index contributed by atoms with van der Waals surface area (Å²) < 4.78 is 13.1. The Bertz CT molecular complexity index is 397. The number of carboxylic acids is 1. The molecule has 106 valence electrons. The van der Waals surface area contributed by atoms with E-state index in [1.165, 1.54) is 0 Å². The van der Waals surface area contributed by atoms with Crippen LogP contribution >= 0.6 is 0 Å². The van der Waals surface area contributed by atoms with E-state index in [0.29, 0.717) is 0 Å². The maximum Gasteiger partial charge on any atom is 0.328 e. The van der Waals surface area contributed by atoms with Crippen molar-refractivity contribution in [2.75, 3.05) is 6.67 Å². The van der Waals surface area contributed by atoms with Crippen LogP contribution in [-0.2, 0) is 16.2 Å². The van der Waals surface area contributed by atoms with E-state index in [4.69, 9.17) is 4.84 Å². The van der Waals surface area contributed by atoms with Gasteiger partial charge in [0.2, 0.25) is 0 Å². The van der Waals surface area contributed by atoms with Crippen molar-refractivity contribution in [1.82, 2.24) is 5.48 Å². The zero-order valence-corrected chi connectivity index (χ0v) is 11.2. The van der Waals surface area contributed by atoms with Crippen LogP contribution in [0.2, 0.25) is 0 Å². The van der Waals surface area contributed by atoms with Gasteiger partial charge in [0, 0.05) is 0 Å². The molecule has 1 rings (SSSR count). The van der Waals surface area contributed by atoms with Gasteiger partial charge in [-0.3, -0.25) is 9.63 Å². The van der Waals surface area contributed by atoms with E-state index in [-0.39, 0.29) is 18.9 Å². The average Bonchev–Trinajstić information content (AvgIpc) is 2.38. The molecule has 0 amide bonds. The van der Waals surface area contributed by atoms with Gasteiger partial charge in [-0.25, -0.2) is 4.39 Å². The highest BCUT2D eigenvalue weighted by Crippen LogP contribution is 2.19. The van der Waals surface area contributed by atoms with E-state index in [1.54, 1.807) is 0 Å². The quantitative estimate of drug-likeness (QED) is 0.712. The van der Waals surface area contributed by atoms with Crippen molar-refractivity contribution < 1.29 is 19.1 Å². The third kappa shape index (κ3) is 4.61. The maximum atomic E-state index is 13.1. The van der Waals surface area contributed by atoms with Crippen molar-refractivity contribution in [2.45, 2.75) is 32.4 Å². The number of carbonyl (C=O) groups is 1. The second kappa shape index (κ2) is 7.21. The lowest BCUT2D eigenvalue weighted by Gasteiger charge is -2.28. The van der Waals surface area contributed by atoms with Crippen molar-refractivity contribution in [1.29, 1.82) is 0 Å². The molecule has 0 aliphatic heterocycles. The number of alkyl halides is 1. The minimum Gasteiger partial charge on any atom is -0.480 e. The Morgan fingerprint density at radius 1 is 1.42 bits per heavy atom. The Kier molecular flexibility index (Phi) is 5.92. The van der Waals surface area contributed by atoms with Crippen LogP contribution in [0.25, 0.3) is 0 Å². The summed E-state index contributed by atoms with van der Waals surface area (Å²) in [6.45, 7) is 2.85. The minimum absolute atomic E-state index is 0.0414. The first-order chi connectivity index (χ1) is 9.00. The number of hydroxylamine groups is 1. The summed E-state index contributed by atoms with van der Waals surface area (Å²) >= 11 is 0. The molecule has 0 spiro atoms. The Morgan fingerprint density at radius 3 is 2.53 bits per heavy atom. The van der Waals surface area contributed by atoms with E-state index in [2.05, 4.69) is 5.48 Å². The number of aliphatic carboxylic acids is 1. The zero-order chi connectivity index (χ0) is 14.3. The highest BCUT2D eigenvalue weighted by molar-refractivity contribution is 5.78. The topological polar surface area (TPSA) is 58.6 Å². The molecule has 0 fully saturated rings. The fraction of sp³-hybridized carbons (Fsp3) is 0.500. The molecule has 4 nitrogen and oxygen atoms in total. The normalized spacial score (nSPS) is 14.3. The van der Waals surface area contributed by atoms with Gasteiger partial charge in [0.05, 0.1) is 6.61 Å². The second-order valence-electron chi connectivity index (χ2n) is 5.00. The van der Waals surface area contributed by atoms with Crippen LogP contribution in [-0.4, -0.2) is 23.3 Å². The number of hydrogen-bond acceptors (Lipinski definition) is 3. The van der Waals surface area contributed by atoms with Gasteiger partial charge in [0.25, 0.3) is 0 Å². The van der Waals surface area contributed by atoms with E-state index in [0.717, 1.165) is 5.56 Å². The lowest BCUT2D eigenvalue weighted by atomic mass is 9.91. The molecule has 0 aliphatic carbocycles. The van der Waals surface area contributed by atoms with Gasteiger partial charge >= 0.3 is 5.97 Å². The zero-order valence-electron chi connectivity index (χ0n) is 11.2. The molecule has 0 bridgehead atoms. The van der Waals surface area contributed by atoms with Crippen molar-refractivity contribution >= 4 is 5.97 Å². The number of nitrogens with one attached hydrogen (secondary N) is 1. The minimum atomic E-state index is -1.68. The van der Waals surface area contributed by atoms with Crippen LogP contribution in [0.15, 0.2) is 30.3 Å². The van der Waals surface area contributed by atoms with E-state index >= 15 is 0 Å². The van der Waals surface area contributed by atoms with Gasteiger partial charge in [-0.2, -0.15) is 5.48 Å². The van der Waals surface area contributed by atoms with Crippen molar-refractivity contribution in [3.8, 4) is 0 Å². The molecule has 0 aliphatic rings. The molecule has 19 heavy (non-hydrogen) atoms. The van der Waals surface area contributed by atoms with Crippen LogP contribution in [0.1, 0.15) is 25.8 Å². The smallest absolute Gasteiger partial charge is 0.328 e. The number of benzene rings is 1. The van der Waals surface area contributed by atoms with Crippen LogP contribution < -0.4 is 5.48 Å². The van der Waals surface area contributed by atoms with E-state index < -0.39 is 18.2 Å². The second-order valence-corrected chi connectivity index (χ2v) is 5.00. The molecule has 2 N–H and O–H groups in total. The number of halogens is 1. The first kappa shape index (κ1) is 15.6. The Hall–Kier alpha value is -1.46. The molecule has 0 saturated heterocycles. The van der Waals surface area contributed by atoms with Crippen LogP contribution in [0.5, 0.6) is 0 Å². The largest absolute Gasteiger partial charge is 0.480 e. The summed E-state index contributed by atoms with van der Waals surface area (Å²) in [6.07, 6.45) is 0.160. The number of carboxylic acid groups (broad SMARTS) is 1. The first-order valence-corrected chi connectivity index (χ1v) is 6.22. The van der Waals surface area contributed by atoms with Crippen molar-refractivity contribution in [2.24, 2.45) is 5.92 Å². The molecule has 0 radical (unpaired) electrons. The van der Waals surface area contributed by atoms with Gasteiger partial charge in [-0.1, -0.05) is 44.2 Å². The fourth-order valence-electron chi connectivity index (χ4n) is 1.84. The summed E-state index contributed by atoms with van der Waals surface area (Å²) in [5.41, 5.74) is 1.60. The van der Waals surface area contributed by atoms with Crippen LogP contribution in [0.3, 0.4) is 0 Å². The highest BCUT2D eigenvalue weighted by Gasteiger charge is 2.40. The lowest BCUT2D eigenvalue weighted by Crippen LogP contribution is -2.54. The molecule has 0 aromatic heterocycles. The highest BCUT2D eigenvalue weighted by atomic mass is 19.1. The number of rotatable bonds is 8. The summed E-state index contributed by atoms with van der Waals surface area (Å²) in [4.78, 5) is 16.4. The van der Waals surface area contributed by atoms with Crippen LogP contribution in [0, 0.1) is 5.92 Å². The summed E-state index contributed by atoms with van der Waals surface area (Å²) in [5, 5.41) is 9.19. The predicted molar refractivity (Wildman–Crippen MR) is 70.2 cm³/mol. The third-order valence-electron chi connectivity index (χ3n) is 2.74.